The molecule has 0 saturated carbocycles. The predicted octanol–water partition coefficient (Wildman–Crippen LogP) is 2.47. The lowest BCUT2D eigenvalue weighted by Gasteiger charge is -2.16. The minimum atomic E-state index is 0.412. The van der Waals surface area contributed by atoms with E-state index in [1.54, 1.807) is 7.11 Å². The zero-order chi connectivity index (χ0) is 12.1. The number of ether oxygens (including phenoxy) is 1. The second-order valence-corrected chi connectivity index (χ2v) is 4.76. The molecule has 94 valence electrons. The second-order valence-electron chi connectivity index (χ2n) is 4.35. The molecule has 2 rings (SSSR count). The SMILES string of the molecule is COC1CCN(CCNc2ccccc2Cl)C1. The molecule has 0 aromatic heterocycles. The zero-order valence-corrected chi connectivity index (χ0v) is 10.9. The van der Waals surface area contributed by atoms with Gasteiger partial charge in [-0.15, -0.1) is 0 Å². The predicted molar refractivity (Wildman–Crippen MR) is 71.8 cm³/mol. The summed E-state index contributed by atoms with van der Waals surface area (Å²) in [7, 11) is 1.79. The van der Waals surface area contributed by atoms with Gasteiger partial charge in [0.2, 0.25) is 0 Å². The number of rotatable bonds is 5. The van der Waals surface area contributed by atoms with E-state index >= 15 is 0 Å². The molecule has 0 amide bonds. The number of nitrogens with one attached hydrogen (secondary N) is 1. The van der Waals surface area contributed by atoms with E-state index in [0.717, 1.165) is 43.3 Å². The Balaban J connectivity index is 1.72. The number of nitrogens with zero attached hydrogens (tertiary/aromatic N) is 1. The number of hydrogen-bond acceptors (Lipinski definition) is 3. The van der Waals surface area contributed by atoms with Crippen LogP contribution >= 0.6 is 11.6 Å². The molecule has 1 heterocycles. The van der Waals surface area contributed by atoms with Gasteiger partial charge in [0, 0.05) is 33.3 Å². The lowest BCUT2D eigenvalue weighted by Crippen LogP contribution is -2.28. The van der Waals surface area contributed by atoms with Gasteiger partial charge in [-0.2, -0.15) is 0 Å². The molecule has 0 spiro atoms. The number of anilines is 1. The fourth-order valence-electron chi connectivity index (χ4n) is 2.15. The topological polar surface area (TPSA) is 24.5 Å². The lowest BCUT2D eigenvalue weighted by atomic mass is 10.3. The smallest absolute Gasteiger partial charge is 0.0710 e. The highest BCUT2D eigenvalue weighted by Crippen LogP contribution is 2.20. The van der Waals surface area contributed by atoms with Crippen LogP contribution < -0.4 is 5.32 Å². The van der Waals surface area contributed by atoms with Crippen molar-refractivity contribution in [2.24, 2.45) is 0 Å². The zero-order valence-electron chi connectivity index (χ0n) is 10.2. The Bertz CT molecular complexity index is 359. The number of halogens is 1. The van der Waals surface area contributed by atoms with Crippen molar-refractivity contribution in [3.63, 3.8) is 0 Å². The van der Waals surface area contributed by atoms with Crippen molar-refractivity contribution in [2.75, 3.05) is 38.6 Å². The van der Waals surface area contributed by atoms with Crippen LogP contribution in [0.1, 0.15) is 6.42 Å². The van der Waals surface area contributed by atoms with E-state index in [1.807, 2.05) is 24.3 Å². The maximum Gasteiger partial charge on any atom is 0.0710 e. The van der Waals surface area contributed by atoms with Crippen molar-refractivity contribution in [1.82, 2.24) is 4.90 Å². The summed E-state index contributed by atoms with van der Waals surface area (Å²) >= 11 is 6.07. The van der Waals surface area contributed by atoms with E-state index < -0.39 is 0 Å². The van der Waals surface area contributed by atoms with Crippen molar-refractivity contribution < 1.29 is 4.74 Å². The third kappa shape index (κ3) is 3.60. The van der Waals surface area contributed by atoms with Crippen LogP contribution in [0.5, 0.6) is 0 Å². The summed E-state index contributed by atoms with van der Waals surface area (Å²) in [5.74, 6) is 0. The van der Waals surface area contributed by atoms with Gasteiger partial charge < -0.3 is 10.1 Å². The third-order valence-electron chi connectivity index (χ3n) is 3.18. The normalized spacial score (nSPS) is 20.7. The Morgan fingerprint density at radius 2 is 2.29 bits per heavy atom. The van der Waals surface area contributed by atoms with Gasteiger partial charge in [-0.1, -0.05) is 23.7 Å². The van der Waals surface area contributed by atoms with Gasteiger partial charge in [-0.25, -0.2) is 0 Å². The molecule has 4 heteroatoms. The summed E-state index contributed by atoms with van der Waals surface area (Å²) in [5.41, 5.74) is 1.01. The first-order chi connectivity index (χ1) is 8.29. The fraction of sp³-hybridized carbons (Fsp3) is 0.538. The molecule has 1 N–H and O–H groups in total. The second kappa shape index (κ2) is 6.24. The van der Waals surface area contributed by atoms with E-state index in [1.165, 1.54) is 0 Å². The molecule has 0 bridgehead atoms. The first-order valence-corrected chi connectivity index (χ1v) is 6.41. The highest BCUT2D eigenvalue weighted by molar-refractivity contribution is 6.33. The minimum Gasteiger partial charge on any atom is -0.383 e. The molecule has 1 aliphatic rings. The Kier molecular flexibility index (Phi) is 4.66. The van der Waals surface area contributed by atoms with Gasteiger partial charge in [0.1, 0.15) is 0 Å². The van der Waals surface area contributed by atoms with Crippen LogP contribution in [-0.4, -0.2) is 44.3 Å². The molecule has 1 aliphatic heterocycles. The summed E-state index contributed by atoms with van der Waals surface area (Å²) in [6, 6.07) is 7.84. The summed E-state index contributed by atoms with van der Waals surface area (Å²) in [6.07, 6.45) is 1.55. The highest BCUT2D eigenvalue weighted by atomic mass is 35.5. The molecule has 1 fully saturated rings. The van der Waals surface area contributed by atoms with Crippen LogP contribution in [-0.2, 0) is 4.74 Å². The molecular formula is C13H19ClN2O. The first-order valence-electron chi connectivity index (χ1n) is 6.03. The third-order valence-corrected chi connectivity index (χ3v) is 3.51. The lowest BCUT2D eigenvalue weighted by molar-refractivity contribution is 0.108. The minimum absolute atomic E-state index is 0.412. The molecule has 0 radical (unpaired) electrons. The largest absolute Gasteiger partial charge is 0.383 e. The number of methoxy groups -OCH3 is 1. The average molecular weight is 255 g/mol. The molecule has 1 unspecified atom stereocenters. The van der Waals surface area contributed by atoms with E-state index in [-0.39, 0.29) is 0 Å². The van der Waals surface area contributed by atoms with Gasteiger partial charge >= 0.3 is 0 Å². The number of hydrogen-bond donors (Lipinski definition) is 1. The number of likely N-dealkylation sites (tertiary alicyclic amines) is 1. The molecule has 1 aromatic rings. The maximum atomic E-state index is 6.07. The van der Waals surface area contributed by atoms with E-state index in [4.69, 9.17) is 16.3 Å². The van der Waals surface area contributed by atoms with Crippen LogP contribution in [0, 0.1) is 0 Å². The van der Waals surface area contributed by atoms with Gasteiger partial charge in [-0.3, -0.25) is 4.90 Å². The van der Waals surface area contributed by atoms with Crippen molar-refractivity contribution in [2.45, 2.75) is 12.5 Å². The van der Waals surface area contributed by atoms with Crippen molar-refractivity contribution in [1.29, 1.82) is 0 Å². The van der Waals surface area contributed by atoms with Gasteiger partial charge in [0.05, 0.1) is 16.8 Å². The van der Waals surface area contributed by atoms with Crippen molar-refractivity contribution in [3.8, 4) is 0 Å². The number of para-hydroxylation sites is 1. The van der Waals surface area contributed by atoms with E-state index in [9.17, 15) is 0 Å². The summed E-state index contributed by atoms with van der Waals surface area (Å²) in [5, 5.41) is 4.14. The van der Waals surface area contributed by atoms with Crippen LogP contribution in [0.4, 0.5) is 5.69 Å². The van der Waals surface area contributed by atoms with Crippen LogP contribution in [0.3, 0.4) is 0 Å². The Morgan fingerprint density at radius 1 is 1.47 bits per heavy atom. The van der Waals surface area contributed by atoms with E-state index in [2.05, 4.69) is 10.2 Å². The maximum absolute atomic E-state index is 6.07. The summed E-state index contributed by atoms with van der Waals surface area (Å²) in [4.78, 5) is 2.41. The van der Waals surface area contributed by atoms with Gasteiger partial charge in [0.15, 0.2) is 0 Å². The molecule has 17 heavy (non-hydrogen) atoms. The van der Waals surface area contributed by atoms with Gasteiger partial charge in [0.25, 0.3) is 0 Å². The average Bonchev–Trinajstić information content (AvgIpc) is 2.80. The molecule has 1 aromatic carbocycles. The molecule has 1 atom stereocenters. The quantitative estimate of drug-likeness (QED) is 0.874. The molecule has 3 nitrogen and oxygen atoms in total. The number of benzene rings is 1. The molecule has 1 saturated heterocycles. The highest BCUT2D eigenvalue weighted by Gasteiger charge is 2.21. The molecule has 0 aliphatic carbocycles. The fourth-order valence-corrected chi connectivity index (χ4v) is 2.35. The van der Waals surface area contributed by atoms with E-state index in [0.29, 0.717) is 6.10 Å². The standard InChI is InChI=1S/C13H19ClN2O/c1-17-11-6-8-16(10-11)9-7-15-13-5-3-2-4-12(13)14/h2-5,11,15H,6-10H2,1H3. The first kappa shape index (κ1) is 12.7. The summed E-state index contributed by atoms with van der Waals surface area (Å²) < 4.78 is 5.34. The Morgan fingerprint density at radius 3 is 3.00 bits per heavy atom. The van der Waals surface area contributed by atoms with Crippen LogP contribution in [0.15, 0.2) is 24.3 Å². The monoisotopic (exact) mass is 254 g/mol. The van der Waals surface area contributed by atoms with Crippen LogP contribution in [0.2, 0.25) is 5.02 Å². The van der Waals surface area contributed by atoms with Gasteiger partial charge in [-0.05, 0) is 18.6 Å². The van der Waals surface area contributed by atoms with Crippen LogP contribution in [0.25, 0.3) is 0 Å². The van der Waals surface area contributed by atoms with Crippen molar-refractivity contribution in [3.05, 3.63) is 29.3 Å². The summed E-state index contributed by atoms with van der Waals surface area (Å²) in [6.45, 7) is 4.12. The molecular weight excluding hydrogens is 236 g/mol. The Labute approximate surface area is 108 Å². The Hall–Kier alpha value is -0.770. The van der Waals surface area contributed by atoms with Crippen molar-refractivity contribution >= 4 is 17.3 Å².